The van der Waals surface area contributed by atoms with E-state index in [1.165, 1.54) is 31.4 Å². The second-order valence-electron chi connectivity index (χ2n) is 5.82. The lowest BCUT2D eigenvalue weighted by Crippen LogP contribution is -2.44. The van der Waals surface area contributed by atoms with Crippen LogP contribution in [0.4, 0.5) is 14.9 Å². The van der Waals surface area contributed by atoms with E-state index in [2.05, 4.69) is 16.0 Å². The highest BCUT2D eigenvalue weighted by molar-refractivity contribution is 6.31. The zero-order valence-corrected chi connectivity index (χ0v) is 14.6. The Morgan fingerprint density at radius 2 is 2.00 bits per heavy atom. The standard InChI is InChI=1S/C18H17ClFN3O3/c1-26-12-6-7-13(15(19)8-12)14-9-21-17(24)16(14)23-18(25)22-11-4-2-10(20)3-5-11/h2-8,14,16H,9H2,1H3,(H,21,24)(H2,22,23,25)/t14-,16-/m0/s1. The molecular weight excluding hydrogens is 361 g/mol. The molecule has 0 spiro atoms. The van der Waals surface area contributed by atoms with Gasteiger partial charge in [0.15, 0.2) is 0 Å². The first-order chi connectivity index (χ1) is 12.5. The van der Waals surface area contributed by atoms with Crippen molar-refractivity contribution in [1.29, 1.82) is 0 Å². The van der Waals surface area contributed by atoms with Crippen LogP contribution in [0.25, 0.3) is 0 Å². The monoisotopic (exact) mass is 377 g/mol. The number of ether oxygens (including phenoxy) is 1. The van der Waals surface area contributed by atoms with Crippen molar-refractivity contribution >= 4 is 29.2 Å². The molecule has 3 N–H and O–H groups in total. The smallest absolute Gasteiger partial charge is 0.319 e. The summed E-state index contributed by atoms with van der Waals surface area (Å²) in [7, 11) is 1.54. The Balaban J connectivity index is 1.73. The fourth-order valence-corrected chi connectivity index (χ4v) is 3.16. The van der Waals surface area contributed by atoms with Crippen molar-refractivity contribution < 1.29 is 18.7 Å². The van der Waals surface area contributed by atoms with Gasteiger partial charge in [0.2, 0.25) is 5.91 Å². The van der Waals surface area contributed by atoms with Crippen LogP contribution in [0.1, 0.15) is 11.5 Å². The Morgan fingerprint density at radius 3 is 2.65 bits per heavy atom. The van der Waals surface area contributed by atoms with E-state index < -0.39 is 17.9 Å². The molecule has 1 fully saturated rings. The fraction of sp³-hybridized carbons (Fsp3) is 0.222. The van der Waals surface area contributed by atoms with Crippen LogP contribution in [0.5, 0.6) is 5.75 Å². The van der Waals surface area contributed by atoms with Gasteiger partial charge in [-0.15, -0.1) is 0 Å². The molecule has 136 valence electrons. The highest BCUT2D eigenvalue weighted by Crippen LogP contribution is 2.32. The summed E-state index contributed by atoms with van der Waals surface area (Å²) in [6, 6.07) is 9.18. The summed E-state index contributed by atoms with van der Waals surface area (Å²) in [4.78, 5) is 24.4. The van der Waals surface area contributed by atoms with Gasteiger partial charge in [0.25, 0.3) is 0 Å². The van der Waals surface area contributed by atoms with Crippen LogP contribution in [-0.2, 0) is 4.79 Å². The van der Waals surface area contributed by atoms with Gasteiger partial charge < -0.3 is 20.7 Å². The van der Waals surface area contributed by atoms with E-state index in [9.17, 15) is 14.0 Å². The highest BCUT2D eigenvalue weighted by atomic mass is 35.5. The van der Waals surface area contributed by atoms with E-state index in [1.54, 1.807) is 18.2 Å². The number of amides is 3. The number of hydrogen-bond donors (Lipinski definition) is 3. The number of methoxy groups -OCH3 is 1. The van der Waals surface area contributed by atoms with Crippen molar-refractivity contribution in [2.24, 2.45) is 0 Å². The van der Waals surface area contributed by atoms with Gasteiger partial charge in [-0.25, -0.2) is 9.18 Å². The zero-order valence-electron chi connectivity index (χ0n) is 13.9. The maximum Gasteiger partial charge on any atom is 0.319 e. The molecule has 0 bridgehead atoms. The maximum absolute atomic E-state index is 12.9. The number of nitrogens with one attached hydrogen (secondary N) is 3. The first-order valence-electron chi connectivity index (χ1n) is 7.92. The van der Waals surface area contributed by atoms with E-state index in [0.29, 0.717) is 23.0 Å². The van der Waals surface area contributed by atoms with Gasteiger partial charge in [0.05, 0.1) is 7.11 Å². The third-order valence-corrected chi connectivity index (χ3v) is 4.50. The molecule has 0 aromatic heterocycles. The van der Waals surface area contributed by atoms with E-state index >= 15 is 0 Å². The van der Waals surface area contributed by atoms with Gasteiger partial charge in [-0.05, 0) is 42.0 Å². The number of rotatable bonds is 4. The van der Waals surface area contributed by atoms with Gasteiger partial charge in [0, 0.05) is 23.2 Å². The minimum Gasteiger partial charge on any atom is -0.497 e. The summed E-state index contributed by atoms with van der Waals surface area (Å²) < 4.78 is 18.1. The summed E-state index contributed by atoms with van der Waals surface area (Å²) in [6.07, 6.45) is 0. The molecule has 3 rings (SSSR count). The SMILES string of the molecule is COc1ccc([C@@H]2CNC(=O)[C@H]2NC(=O)Nc2ccc(F)cc2)c(Cl)c1. The van der Waals surface area contributed by atoms with Gasteiger partial charge in [-0.2, -0.15) is 0 Å². The van der Waals surface area contributed by atoms with Crippen molar-refractivity contribution in [2.75, 3.05) is 19.0 Å². The molecule has 8 heteroatoms. The molecule has 3 amide bonds. The molecule has 6 nitrogen and oxygen atoms in total. The lowest BCUT2D eigenvalue weighted by Gasteiger charge is -2.20. The molecule has 1 aliphatic rings. The zero-order chi connectivity index (χ0) is 18.7. The summed E-state index contributed by atoms with van der Waals surface area (Å²) in [5.41, 5.74) is 1.15. The lowest BCUT2D eigenvalue weighted by atomic mass is 9.94. The number of carbonyl (C=O) groups is 2. The topological polar surface area (TPSA) is 79.5 Å². The minimum absolute atomic E-state index is 0.295. The molecule has 0 saturated carbocycles. The Kier molecular flexibility index (Phi) is 5.27. The normalized spacial score (nSPS) is 19.0. The first-order valence-corrected chi connectivity index (χ1v) is 8.30. The third kappa shape index (κ3) is 3.88. The predicted molar refractivity (Wildman–Crippen MR) is 96.1 cm³/mol. The number of halogens is 2. The van der Waals surface area contributed by atoms with Gasteiger partial charge in [-0.1, -0.05) is 17.7 Å². The van der Waals surface area contributed by atoms with Gasteiger partial charge in [-0.3, -0.25) is 4.79 Å². The minimum atomic E-state index is -0.777. The highest BCUT2D eigenvalue weighted by Gasteiger charge is 2.37. The maximum atomic E-state index is 12.9. The van der Waals surface area contributed by atoms with Crippen LogP contribution in [0.3, 0.4) is 0 Å². The Morgan fingerprint density at radius 1 is 1.27 bits per heavy atom. The quantitative estimate of drug-likeness (QED) is 0.766. The molecule has 2 aromatic rings. The average molecular weight is 378 g/mol. The number of anilines is 1. The van der Waals surface area contributed by atoms with Crippen molar-refractivity contribution in [3.05, 3.63) is 58.9 Å². The second-order valence-corrected chi connectivity index (χ2v) is 6.23. The van der Waals surface area contributed by atoms with E-state index in [4.69, 9.17) is 16.3 Å². The molecule has 1 aliphatic heterocycles. The van der Waals surface area contributed by atoms with Crippen LogP contribution in [-0.4, -0.2) is 31.6 Å². The Labute approximate surface area is 154 Å². The number of benzene rings is 2. The fourth-order valence-electron chi connectivity index (χ4n) is 2.85. The summed E-state index contributed by atoms with van der Waals surface area (Å²) in [5.74, 6) is -0.411. The van der Waals surface area contributed by atoms with E-state index in [-0.39, 0.29) is 11.8 Å². The molecule has 0 aliphatic carbocycles. The number of carbonyl (C=O) groups excluding carboxylic acids is 2. The van der Waals surface area contributed by atoms with Crippen LogP contribution in [0, 0.1) is 5.82 Å². The van der Waals surface area contributed by atoms with Crippen LogP contribution in [0.2, 0.25) is 5.02 Å². The molecule has 2 aromatic carbocycles. The summed E-state index contributed by atoms with van der Waals surface area (Å²) in [5, 5.41) is 8.41. The lowest BCUT2D eigenvalue weighted by molar-refractivity contribution is -0.120. The van der Waals surface area contributed by atoms with Crippen molar-refractivity contribution in [3.63, 3.8) is 0 Å². The third-order valence-electron chi connectivity index (χ3n) is 4.18. The molecular formula is C18H17ClFN3O3. The molecule has 26 heavy (non-hydrogen) atoms. The predicted octanol–water partition coefficient (Wildman–Crippen LogP) is 2.89. The van der Waals surface area contributed by atoms with E-state index in [1.807, 2.05) is 0 Å². The molecule has 0 radical (unpaired) electrons. The average Bonchev–Trinajstić information content (AvgIpc) is 2.97. The molecule has 1 heterocycles. The van der Waals surface area contributed by atoms with Crippen molar-refractivity contribution in [1.82, 2.24) is 10.6 Å². The van der Waals surface area contributed by atoms with E-state index in [0.717, 1.165) is 5.56 Å². The number of hydrogen-bond acceptors (Lipinski definition) is 3. The summed E-state index contributed by atoms with van der Waals surface area (Å²) in [6.45, 7) is 0.354. The molecule has 1 saturated heterocycles. The summed E-state index contributed by atoms with van der Waals surface area (Å²) >= 11 is 6.30. The Bertz CT molecular complexity index is 829. The van der Waals surface area contributed by atoms with Gasteiger partial charge >= 0.3 is 6.03 Å². The molecule has 2 atom stereocenters. The second kappa shape index (κ2) is 7.61. The van der Waals surface area contributed by atoms with Crippen LogP contribution >= 0.6 is 11.6 Å². The van der Waals surface area contributed by atoms with Crippen LogP contribution in [0.15, 0.2) is 42.5 Å². The Hall–Kier alpha value is -2.80. The first kappa shape index (κ1) is 18.0. The van der Waals surface area contributed by atoms with Crippen molar-refractivity contribution in [2.45, 2.75) is 12.0 Å². The number of urea groups is 1. The van der Waals surface area contributed by atoms with Crippen LogP contribution < -0.4 is 20.7 Å². The molecule has 0 unspecified atom stereocenters. The largest absolute Gasteiger partial charge is 0.497 e. The van der Waals surface area contributed by atoms with Crippen molar-refractivity contribution in [3.8, 4) is 5.75 Å². The van der Waals surface area contributed by atoms with Gasteiger partial charge in [0.1, 0.15) is 17.6 Å².